The van der Waals surface area contributed by atoms with Gasteiger partial charge in [-0.3, -0.25) is 4.79 Å². The van der Waals surface area contributed by atoms with Crippen LogP contribution in [0.15, 0.2) is 11.6 Å². The number of amides is 1. The fourth-order valence-electron chi connectivity index (χ4n) is 3.98. The zero-order chi connectivity index (χ0) is 18.6. The molecule has 0 aliphatic heterocycles. The van der Waals surface area contributed by atoms with E-state index in [0.717, 1.165) is 37.1 Å². The molecule has 0 atom stereocenters. The van der Waals surface area contributed by atoms with Crippen molar-refractivity contribution in [2.45, 2.75) is 85.4 Å². The Kier molecular flexibility index (Phi) is 6.47. The van der Waals surface area contributed by atoms with Crippen molar-refractivity contribution in [2.75, 3.05) is 0 Å². The van der Waals surface area contributed by atoms with Gasteiger partial charge in [-0.25, -0.2) is 0 Å². The van der Waals surface area contributed by atoms with E-state index in [2.05, 4.69) is 37.5 Å². The lowest BCUT2D eigenvalue weighted by molar-refractivity contribution is -0.130. The SMILES string of the molecule is CCCn1c(C)cc(/C=C(/C#N)C(=O)N(C(C)C)C2CCCC2)c1C. The average molecular weight is 341 g/mol. The Hall–Kier alpha value is -2.02. The van der Waals surface area contributed by atoms with Crippen LogP contribution < -0.4 is 0 Å². The van der Waals surface area contributed by atoms with Crippen LogP contribution in [0.3, 0.4) is 0 Å². The highest BCUT2D eigenvalue weighted by Crippen LogP contribution is 2.27. The lowest BCUT2D eigenvalue weighted by atomic mass is 10.1. The van der Waals surface area contributed by atoms with Crippen LogP contribution in [-0.2, 0) is 11.3 Å². The highest BCUT2D eigenvalue weighted by Gasteiger charge is 2.30. The van der Waals surface area contributed by atoms with Crippen LogP contribution in [0.1, 0.15) is 69.8 Å². The number of aromatic nitrogens is 1. The minimum absolute atomic E-state index is 0.111. The smallest absolute Gasteiger partial charge is 0.265 e. The fourth-order valence-corrected chi connectivity index (χ4v) is 3.98. The molecule has 1 amide bonds. The van der Waals surface area contributed by atoms with E-state index < -0.39 is 0 Å². The van der Waals surface area contributed by atoms with Gasteiger partial charge in [0.1, 0.15) is 11.6 Å². The second kappa shape index (κ2) is 8.38. The molecule has 0 radical (unpaired) electrons. The first-order valence-corrected chi connectivity index (χ1v) is 9.51. The van der Waals surface area contributed by atoms with Crippen LogP contribution >= 0.6 is 0 Å². The molecule has 1 fully saturated rings. The van der Waals surface area contributed by atoms with Crippen molar-refractivity contribution < 1.29 is 4.79 Å². The van der Waals surface area contributed by atoms with Gasteiger partial charge < -0.3 is 9.47 Å². The molecule has 0 saturated heterocycles. The molecule has 0 unspecified atom stereocenters. The molecule has 1 heterocycles. The number of carbonyl (C=O) groups excluding carboxylic acids is 1. The third-order valence-corrected chi connectivity index (χ3v) is 5.22. The van der Waals surface area contributed by atoms with Gasteiger partial charge in [-0.05, 0) is 64.7 Å². The molecule has 1 aliphatic carbocycles. The molecule has 1 aliphatic rings. The summed E-state index contributed by atoms with van der Waals surface area (Å²) >= 11 is 0. The van der Waals surface area contributed by atoms with Crippen molar-refractivity contribution >= 4 is 12.0 Å². The minimum Gasteiger partial charge on any atom is -0.349 e. The zero-order valence-corrected chi connectivity index (χ0v) is 16.3. The van der Waals surface area contributed by atoms with E-state index in [0.29, 0.717) is 0 Å². The fraction of sp³-hybridized carbons (Fsp3) is 0.619. The number of hydrogen-bond donors (Lipinski definition) is 0. The van der Waals surface area contributed by atoms with Gasteiger partial charge in [-0.15, -0.1) is 0 Å². The highest BCUT2D eigenvalue weighted by molar-refractivity contribution is 6.02. The van der Waals surface area contributed by atoms with Gasteiger partial charge in [0.15, 0.2) is 0 Å². The van der Waals surface area contributed by atoms with Crippen molar-refractivity contribution in [1.29, 1.82) is 5.26 Å². The van der Waals surface area contributed by atoms with E-state index in [1.165, 1.54) is 18.5 Å². The Morgan fingerprint density at radius 2 is 2.04 bits per heavy atom. The first kappa shape index (κ1) is 19.3. The average Bonchev–Trinajstić information content (AvgIpc) is 3.16. The number of aryl methyl sites for hydroxylation is 1. The number of nitrogens with zero attached hydrogens (tertiary/aromatic N) is 3. The van der Waals surface area contributed by atoms with Crippen LogP contribution in [0.25, 0.3) is 6.08 Å². The Morgan fingerprint density at radius 1 is 1.40 bits per heavy atom. The third-order valence-electron chi connectivity index (χ3n) is 5.22. The molecule has 136 valence electrons. The second-order valence-corrected chi connectivity index (χ2v) is 7.39. The Bertz CT molecular complexity index is 685. The monoisotopic (exact) mass is 341 g/mol. The first-order chi connectivity index (χ1) is 11.9. The van der Waals surface area contributed by atoms with Crippen molar-refractivity contribution in [3.8, 4) is 6.07 Å². The van der Waals surface area contributed by atoms with Gasteiger partial charge in [0.2, 0.25) is 0 Å². The van der Waals surface area contributed by atoms with E-state index in [1.54, 1.807) is 6.08 Å². The number of carbonyl (C=O) groups is 1. The Labute approximate surface area is 152 Å². The summed E-state index contributed by atoms with van der Waals surface area (Å²) in [6, 6.07) is 4.62. The van der Waals surface area contributed by atoms with Crippen molar-refractivity contribution in [3.05, 3.63) is 28.6 Å². The summed E-state index contributed by atoms with van der Waals surface area (Å²) in [4.78, 5) is 15.0. The Morgan fingerprint density at radius 3 is 2.56 bits per heavy atom. The summed E-state index contributed by atoms with van der Waals surface area (Å²) in [5, 5.41) is 9.63. The summed E-state index contributed by atoms with van der Waals surface area (Å²) in [7, 11) is 0. The summed E-state index contributed by atoms with van der Waals surface area (Å²) in [6.07, 6.45) is 7.28. The van der Waals surface area contributed by atoms with E-state index >= 15 is 0 Å². The van der Waals surface area contributed by atoms with Gasteiger partial charge in [0, 0.05) is 30.0 Å². The largest absolute Gasteiger partial charge is 0.349 e. The number of nitriles is 1. The Balaban J connectivity index is 2.34. The molecular weight excluding hydrogens is 310 g/mol. The summed E-state index contributed by atoms with van der Waals surface area (Å²) < 4.78 is 2.25. The normalized spacial score (nSPS) is 15.6. The second-order valence-electron chi connectivity index (χ2n) is 7.39. The van der Waals surface area contributed by atoms with E-state index in [1.807, 2.05) is 18.7 Å². The van der Waals surface area contributed by atoms with E-state index in [9.17, 15) is 10.1 Å². The third kappa shape index (κ3) is 4.15. The van der Waals surface area contributed by atoms with Gasteiger partial charge >= 0.3 is 0 Å². The van der Waals surface area contributed by atoms with Gasteiger partial charge in [0.05, 0.1) is 0 Å². The lowest BCUT2D eigenvalue weighted by Gasteiger charge is -2.32. The standard InChI is InChI=1S/C21H31N3O/c1-6-11-23-16(4)12-18(17(23)5)13-19(14-22)21(25)24(15(2)3)20-9-7-8-10-20/h12-13,15,20H,6-11H2,1-5H3/b19-13-. The van der Waals surface area contributed by atoms with E-state index in [4.69, 9.17) is 0 Å². The summed E-state index contributed by atoms with van der Waals surface area (Å²) in [6.45, 7) is 11.3. The number of rotatable bonds is 6. The first-order valence-electron chi connectivity index (χ1n) is 9.51. The van der Waals surface area contributed by atoms with Crippen molar-refractivity contribution in [3.63, 3.8) is 0 Å². The molecule has 0 spiro atoms. The molecule has 1 aromatic heterocycles. The highest BCUT2D eigenvalue weighted by atomic mass is 16.2. The molecule has 4 heteroatoms. The molecule has 0 N–H and O–H groups in total. The van der Waals surface area contributed by atoms with Crippen LogP contribution in [0.2, 0.25) is 0 Å². The van der Waals surface area contributed by atoms with Crippen molar-refractivity contribution in [2.24, 2.45) is 0 Å². The van der Waals surface area contributed by atoms with Crippen LogP contribution in [-0.4, -0.2) is 27.5 Å². The minimum atomic E-state index is -0.121. The van der Waals surface area contributed by atoms with Gasteiger partial charge in [0.25, 0.3) is 5.91 Å². The maximum Gasteiger partial charge on any atom is 0.265 e. The van der Waals surface area contributed by atoms with Crippen LogP contribution in [0, 0.1) is 25.2 Å². The van der Waals surface area contributed by atoms with Crippen LogP contribution in [0.4, 0.5) is 0 Å². The van der Waals surface area contributed by atoms with E-state index in [-0.39, 0.29) is 23.6 Å². The summed E-state index contributed by atoms with van der Waals surface area (Å²) in [5.74, 6) is -0.121. The molecule has 0 aromatic carbocycles. The molecule has 1 saturated carbocycles. The molecule has 0 bridgehead atoms. The maximum atomic E-state index is 13.1. The van der Waals surface area contributed by atoms with Gasteiger partial charge in [-0.2, -0.15) is 5.26 Å². The maximum absolute atomic E-state index is 13.1. The number of hydrogen-bond acceptors (Lipinski definition) is 2. The molecule has 25 heavy (non-hydrogen) atoms. The molecule has 1 aromatic rings. The predicted octanol–water partition coefficient (Wildman–Crippen LogP) is 4.60. The van der Waals surface area contributed by atoms with Gasteiger partial charge in [-0.1, -0.05) is 19.8 Å². The molecule has 4 nitrogen and oxygen atoms in total. The van der Waals surface area contributed by atoms with Crippen molar-refractivity contribution in [1.82, 2.24) is 9.47 Å². The van der Waals surface area contributed by atoms with Crippen LogP contribution in [0.5, 0.6) is 0 Å². The summed E-state index contributed by atoms with van der Waals surface area (Å²) in [5.41, 5.74) is 3.52. The quantitative estimate of drug-likeness (QED) is 0.561. The molecular formula is C21H31N3O. The zero-order valence-electron chi connectivity index (χ0n) is 16.3. The predicted molar refractivity (Wildman–Crippen MR) is 102 cm³/mol. The topological polar surface area (TPSA) is 49.0 Å². The molecule has 2 rings (SSSR count). The lowest BCUT2D eigenvalue weighted by Crippen LogP contribution is -2.44.